The maximum atomic E-state index is 14.4. The van der Waals surface area contributed by atoms with Crippen molar-refractivity contribution in [2.45, 2.75) is 106 Å². The van der Waals surface area contributed by atoms with Crippen LogP contribution in [0.3, 0.4) is 0 Å². The monoisotopic (exact) mass is 694 g/mol. The van der Waals surface area contributed by atoms with Crippen molar-refractivity contribution < 1.29 is 32.4 Å². The third-order valence-corrected chi connectivity index (χ3v) is 11.6. The molecule has 5 amide bonds. The molecule has 1 aliphatic heterocycles. The summed E-state index contributed by atoms with van der Waals surface area (Å²) in [7, 11) is -3.51. The summed E-state index contributed by atoms with van der Waals surface area (Å²) in [4.78, 5) is 69.1. The molecule has 14 heteroatoms. The van der Waals surface area contributed by atoms with Crippen LogP contribution in [0.2, 0.25) is 0 Å². The van der Waals surface area contributed by atoms with Gasteiger partial charge in [-0.1, -0.05) is 81.2 Å². The van der Waals surface area contributed by atoms with Gasteiger partial charge in [-0.3, -0.25) is 19.2 Å². The Morgan fingerprint density at radius 1 is 1.00 bits per heavy atom. The molecule has 0 spiro atoms. The Morgan fingerprint density at radius 3 is 2.08 bits per heavy atom. The highest BCUT2D eigenvalue weighted by Gasteiger charge is 2.70. The number of likely N-dealkylation sites (N-methyl/N-ethyl adjacent to an activating group) is 1. The van der Waals surface area contributed by atoms with E-state index in [9.17, 15) is 32.4 Å². The molecule has 0 radical (unpaired) electrons. The minimum atomic E-state index is -3.51. The third kappa shape index (κ3) is 9.36. The zero-order valence-electron chi connectivity index (χ0n) is 30.4. The standard InChI is InChI=1S/C34H58N6O7S/c1-12-16-35-29(43)26(41)22(17-20-14-15-20)36-28(42)25-24-21(34(24,9)10)18-40(25)30(44)27(33(6,7)8)38-31(45)37-23(32(3,4)5)19-39(13-2)48(11,46)47/h12,20-25,27H,1,13-19H2,2-11H3,(H,35,43)(H,36,42)(H2,37,38,45)/t21-,22?,23+,24-,25-,27+/m0/s1. The van der Waals surface area contributed by atoms with Crippen LogP contribution in [0.4, 0.5) is 4.79 Å². The summed E-state index contributed by atoms with van der Waals surface area (Å²) < 4.78 is 25.9. The largest absolute Gasteiger partial charge is 0.346 e. The fraction of sp³-hybridized carbons (Fsp3) is 0.794. The Hall–Kier alpha value is -3.00. The number of rotatable bonds is 15. The lowest BCUT2D eigenvalue weighted by molar-refractivity contribution is -0.145. The summed E-state index contributed by atoms with van der Waals surface area (Å²) in [6.45, 7) is 21.3. The molecule has 0 aromatic heterocycles. The van der Waals surface area contributed by atoms with Crippen molar-refractivity contribution in [1.82, 2.24) is 30.5 Å². The van der Waals surface area contributed by atoms with E-state index in [1.165, 1.54) is 15.3 Å². The number of carbonyl (C=O) groups is 5. The van der Waals surface area contributed by atoms with Gasteiger partial charge in [-0.05, 0) is 40.4 Å². The minimum absolute atomic E-state index is 0.0551. The molecule has 3 aliphatic rings. The molecule has 0 aromatic rings. The van der Waals surface area contributed by atoms with Gasteiger partial charge in [-0.2, -0.15) is 0 Å². The number of amides is 5. The van der Waals surface area contributed by atoms with Crippen molar-refractivity contribution in [2.75, 3.05) is 32.4 Å². The zero-order valence-corrected chi connectivity index (χ0v) is 31.3. The summed E-state index contributed by atoms with van der Waals surface area (Å²) in [5.41, 5.74) is -1.48. The highest BCUT2D eigenvalue weighted by atomic mass is 32.2. The molecule has 1 heterocycles. The van der Waals surface area contributed by atoms with Gasteiger partial charge in [0.2, 0.25) is 27.6 Å². The number of sulfonamides is 1. The number of hydrogen-bond acceptors (Lipinski definition) is 7. The van der Waals surface area contributed by atoms with Crippen LogP contribution in [-0.4, -0.2) is 104 Å². The second-order valence-electron chi connectivity index (χ2n) is 16.5. The van der Waals surface area contributed by atoms with Gasteiger partial charge in [-0.25, -0.2) is 17.5 Å². The van der Waals surface area contributed by atoms with Gasteiger partial charge in [0.05, 0.1) is 12.3 Å². The van der Waals surface area contributed by atoms with E-state index < -0.39 is 74.6 Å². The summed E-state index contributed by atoms with van der Waals surface area (Å²) in [6, 6.07) is -4.13. The van der Waals surface area contributed by atoms with Crippen LogP contribution in [0.5, 0.6) is 0 Å². The maximum absolute atomic E-state index is 14.4. The molecule has 6 atom stereocenters. The van der Waals surface area contributed by atoms with Crippen LogP contribution in [0.1, 0.15) is 81.6 Å². The maximum Gasteiger partial charge on any atom is 0.315 e. The quantitative estimate of drug-likeness (QED) is 0.150. The lowest BCUT2D eigenvalue weighted by Gasteiger charge is -2.39. The molecule has 48 heavy (non-hydrogen) atoms. The number of piperidine rings is 1. The Morgan fingerprint density at radius 2 is 1.60 bits per heavy atom. The van der Waals surface area contributed by atoms with Crippen LogP contribution >= 0.6 is 0 Å². The minimum Gasteiger partial charge on any atom is -0.346 e. The Kier molecular flexibility index (Phi) is 11.9. The molecule has 0 aromatic carbocycles. The van der Waals surface area contributed by atoms with Crippen molar-refractivity contribution >= 4 is 39.6 Å². The van der Waals surface area contributed by atoms with Crippen molar-refractivity contribution in [1.29, 1.82) is 0 Å². The summed E-state index contributed by atoms with van der Waals surface area (Å²) in [6.07, 6.45) is 4.78. The van der Waals surface area contributed by atoms with Crippen molar-refractivity contribution in [3.05, 3.63) is 12.7 Å². The van der Waals surface area contributed by atoms with Crippen molar-refractivity contribution in [3.8, 4) is 0 Å². The number of Topliss-reactive ketones (excluding diaryl/α,β-unsaturated/α-hetero) is 1. The first-order chi connectivity index (χ1) is 21.9. The summed E-state index contributed by atoms with van der Waals surface area (Å²) >= 11 is 0. The van der Waals surface area contributed by atoms with Crippen LogP contribution in [0.15, 0.2) is 12.7 Å². The topological polar surface area (TPSA) is 174 Å². The van der Waals surface area contributed by atoms with Gasteiger partial charge in [0, 0.05) is 32.2 Å². The molecule has 1 unspecified atom stereocenters. The molecule has 1 saturated heterocycles. The van der Waals surface area contributed by atoms with Crippen molar-refractivity contribution in [3.63, 3.8) is 0 Å². The summed E-state index contributed by atoms with van der Waals surface area (Å²) in [5, 5.41) is 11.1. The van der Waals surface area contributed by atoms with E-state index in [1.807, 2.05) is 41.5 Å². The van der Waals surface area contributed by atoms with Gasteiger partial charge in [0.25, 0.3) is 5.91 Å². The predicted octanol–water partition coefficient (Wildman–Crippen LogP) is 2.04. The number of likely N-dealkylation sites (tertiary alicyclic amines) is 1. The normalized spacial score (nSPS) is 23.7. The molecular weight excluding hydrogens is 636 g/mol. The Labute approximate surface area is 286 Å². The first kappa shape index (κ1) is 39.4. The van der Waals surface area contributed by atoms with E-state index in [0.717, 1.165) is 19.1 Å². The average molecular weight is 695 g/mol. The Bertz CT molecular complexity index is 1380. The van der Waals surface area contributed by atoms with E-state index >= 15 is 0 Å². The third-order valence-electron chi connectivity index (χ3n) is 10.2. The lowest BCUT2D eigenvalue weighted by atomic mass is 9.85. The number of carbonyl (C=O) groups excluding carboxylic acids is 5. The molecule has 272 valence electrons. The molecule has 2 saturated carbocycles. The zero-order chi connectivity index (χ0) is 36.6. The van der Waals surface area contributed by atoms with Gasteiger partial charge in [0.15, 0.2) is 0 Å². The van der Waals surface area contributed by atoms with Crippen LogP contribution < -0.4 is 21.3 Å². The molecule has 4 N–H and O–H groups in total. The molecular formula is C34H58N6O7S. The summed E-state index contributed by atoms with van der Waals surface area (Å²) in [5.74, 6) is -2.28. The second kappa shape index (κ2) is 14.5. The Balaban J connectivity index is 1.84. The molecule has 3 rings (SSSR count). The number of urea groups is 1. The van der Waals surface area contributed by atoms with Gasteiger partial charge < -0.3 is 26.2 Å². The molecule has 13 nitrogen and oxygen atoms in total. The number of nitrogens with zero attached hydrogens (tertiary/aromatic N) is 2. The molecule has 0 bridgehead atoms. The number of fused-ring (bicyclic) bond motifs is 1. The number of hydrogen-bond donors (Lipinski definition) is 4. The van der Waals surface area contributed by atoms with Crippen LogP contribution in [0, 0.1) is 34.0 Å². The van der Waals surface area contributed by atoms with Gasteiger partial charge in [0.1, 0.15) is 12.1 Å². The first-order valence-electron chi connectivity index (χ1n) is 17.0. The van der Waals surface area contributed by atoms with E-state index in [0.29, 0.717) is 13.0 Å². The van der Waals surface area contributed by atoms with E-state index in [4.69, 9.17) is 0 Å². The van der Waals surface area contributed by atoms with Crippen LogP contribution in [0.25, 0.3) is 0 Å². The smallest absolute Gasteiger partial charge is 0.315 e. The van der Waals surface area contributed by atoms with E-state index in [-0.39, 0.29) is 42.8 Å². The predicted molar refractivity (Wildman–Crippen MR) is 184 cm³/mol. The molecule has 3 fully saturated rings. The average Bonchev–Trinajstić information content (AvgIpc) is 3.81. The van der Waals surface area contributed by atoms with Crippen molar-refractivity contribution in [2.24, 2.45) is 34.0 Å². The number of nitrogens with one attached hydrogen (secondary N) is 4. The van der Waals surface area contributed by atoms with Gasteiger partial charge >= 0.3 is 6.03 Å². The fourth-order valence-corrected chi connectivity index (χ4v) is 7.67. The number of ketones is 1. The fourth-order valence-electron chi connectivity index (χ4n) is 6.78. The van der Waals surface area contributed by atoms with E-state index in [2.05, 4.69) is 41.7 Å². The molecule has 2 aliphatic carbocycles. The first-order valence-corrected chi connectivity index (χ1v) is 18.9. The van der Waals surface area contributed by atoms with E-state index in [1.54, 1.807) is 6.92 Å². The second-order valence-corrected chi connectivity index (χ2v) is 18.5. The SMILES string of the molecule is C=CCNC(=O)C(=O)C(CC1CC1)NC(=O)[C@@H]1[C@@H]2[C@H](CN1C(=O)[C@@H](NC(=O)N[C@H](CN(CC)S(C)(=O)=O)C(C)(C)C)C(C)(C)C)C2(C)C. The van der Waals surface area contributed by atoms with Crippen LogP contribution in [-0.2, 0) is 29.2 Å². The lowest BCUT2D eigenvalue weighted by Crippen LogP contribution is -2.62. The highest BCUT2D eigenvalue weighted by Crippen LogP contribution is 2.65. The highest BCUT2D eigenvalue weighted by molar-refractivity contribution is 7.88. The van der Waals surface area contributed by atoms with Gasteiger partial charge in [-0.15, -0.1) is 6.58 Å².